The Kier molecular flexibility index (Phi) is 3.81. The first kappa shape index (κ1) is 15.5. The van der Waals surface area contributed by atoms with Crippen LogP contribution >= 0.6 is 0 Å². The lowest BCUT2D eigenvalue weighted by Crippen LogP contribution is -2.45. The molecule has 1 aromatic carbocycles. The minimum atomic E-state index is -4.66. The molecule has 3 nitrogen and oxygen atoms in total. The molecule has 0 bridgehead atoms. The molecule has 0 spiro atoms. The van der Waals surface area contributed by atoms with Crippen molar-refractivity contribution in [2.24, 2.45) is 0 Å². The first-order chi connectivity index (χ1) is 9.58. The lowest BCUT2D eigenvalue weighted by Gasteiger charge is -2.32. The molecule has 2 N–H and O–H groups in total. The number of nitrogens with two attached hydrogens (primary N) is 1. The molecule has 0 unspecified atom stereocenters. The predicted octanol–water partition coefficient (Wildman–Crippen LogP) is 3.16. The second-order valence-electron chi connectivity index (χ2n) is 5.03. The van der Waals surface area contributed by atoms with E-state index in [1.165, 1.54) is 0 Å². The van der Waals surface area contributed by atoms with Crippen LogP contribution < -0.4 is 5.73 Å². The van der Waals surface area contributed by atoms with Gasteiger partial charge < -0.3 is 10.6 Å². The number of halogens is 5. The van der Waals surface area contributed by atoms with Gasteiger partial charge in [-0.1, -0.05) is 0 Å². The standard InChI is InChI=1S/C13H13F5N2O/c14-12(15)2-1-3-20(7-12)11(21)8-4-9(13(16,17)18)6-10(19)5-8/h4-6H,1-3,7,19H2. The first-order valence-electron chi connectivity index (χ1n) is 6.23. The van der Waals surface area contributed by atoms with Gasteiger partial charge in [0, 0.05) is 24.2 Å². The number of nitrogens with zero attached hydrogens (tertiary/aromatic N) is 1. The normalized spacial score (nSPS) is 18.6. The largest absolute Gasteiger partial charge is 0.416 e. The van der Waals surface area contributed by atoms with Crippen LogP contribution in [0.5, 0.6) is 0 Å². The molecule has 1 amide bonds. The van der Waals surface area contributed by atoms with Crippen LogP contribution in [0.3, 0.4) is 0 Å². The number of amides is 1. The van der Waals surface area contributed by atoms with Crippen LogP contribution in [0, 0.1) is 0 Å². The molecule has 2 rings (SSSR count). The van der Waals surface area contributed by atoms with Crippen LogP contribution in [-0.4, -0.2) is 29.8 Å². The zero-order valence-corrected chi connectivity index (χ0v) is 10.9. The summed E-state index contributed by atoms with van der Waals surface area (Å²) in [6.45, 7) is -0.702. The molecule has 1 aliphatic rings. The summed E-state index contributed by atoms with van der Waals surface area (Å²) >= 11 is 0. The van der Waals surface area contributed by atoms with Gasteiger partial charge >= 0.3 is 6.18 Å². The van der Waals surface area contributed by atoms with Crippen LogP contribution in [0.1, 0.15) is 28.8 Å². The van der Waals surface area contributed by atoms with E-state index in [0.29, 0.717) is 12.1 Å². The van der Waals surface area contributed by atoms with Gasteiger partial charge in [0.1, 0.15) is 0 Å². The summed E-state index contributed by atoms with van der Waals surface area (Å²) in [5.74, 6) is -3.88. The third-order valence-corrected chi connectivity index (χ3v) is 3.21. The molecular formula is C13H13F5N2O. The Morgan fingerprint density at radius 1 is 1.24 bits per heavy atom. The van der Waals surface area contributed by atoms with E-state index in [9.17, 15) is 26.7 Å². The van der Waals surface area contributed by atoms with E-state index in [1.54, 1.807) is 0 Å². The smallest absolute Gasteiger partial charge is 0.399 e. The molecule has 0 aromatic heterocycles. The highest BCUT2D eigenvalue weighted by molar-refractivity contribution is 5.95. The molecule has 21 heavy (non-hydrogen) atoms. The molecule has 1 saturated heterocycles. The summed E-state index contributed by atoms with van der Waals surface area (Å²) < 4.78 is 64.6. The number of benzene rings is 1. The molecule has 0 aliphatic carbocycles. The van der Waals surface area contributed by atoms with E-state index in [4.69, 9.17) is 5.73 Å². The van der Waals surface area contributed by atoms with Gasteiger partial charge in [-0.25, -0.2) is 8.78 Å². The Morgan fingerprint density at radius 3 is 2.48 bits per heavy atom. The second-order valence-corrected chi connectivity index (χ2v) is 5.03. The number of likely N-dealkylation sites (tertiary alicyclic amines) is 1. The van der Waals surface area contributed by atoms with Crippen molar-refractivity contribution in [3.63, 3.8) is 0 Å². The van der Waals surface area contributed by atoms with Crippen molar-refractivity contribution >= 4 is 11.6 Å². The molecule has 116 valence electrons. The first-order valence-corrected chi connectivity index (χ1v) is 6.23. The van der Waals surface area contributed by atoms with Gasteiger partial charge in [-0.05, 0) is 24.6 Å². The van der Waals surface area contributed by atoms with Crippen LogP contribution in [-0.2, 0) is 6.18 Å². The van der Waals surface area contributed by atoms with Crippen molar-refractivity contribution in [3.8, 4) is 0 Å². The Balaban J connectivity index is 2.29. The number of piperidine rings is 1. The van der Waals surface area contributed by atoms with Gasteiger partial charge in [0.2, 0.25) is 0 Å². The minimum Gasteiger partial charge on any atom is -0.399 e. The molecule has 1 fully saturated rings. The summed E-state index contributed by atoms with van der Waals surface area (Å²) in [5.41, 5.74) is 3.71. The Bertz CT molecular complexity index is 556. The Hall–Kier alpha value is -1.86. The lowest BCUT2D eigenvalue weighted by molar-refractivity contribution is -0.137. The maximum Gasteiger partial charge on any atom is 0.416 e. The number of nitrogen functional groups attached to an aromatic ring is 1. The average Bonchev–Trinajstić information content (AvgIpc) is 2.35. The van der Waals surface area contributed by atoms with Gasteiger partial charge in [0.25, 0.3) is 11.8 Å². The third-order valence-electron chi connectivity index (χ3n) is 3.21. The summed E-state index contributed by atoms with van der Waals surface area (Å²) in [7, 11) is 0. The SMILES string of the molecule is Nc1cc(C(=O)N2CCCC(F)(F)C2)cc(C(F)(F)F)c1. The van der Waals surface area contributed by atoms with Crippen molar-refractivity contribution in [3.05, 3.63) is 29.3 Å². The highest BCUT2D eigenvalue weighted by atomic mass is 19.4. The topological polar surface area (TPSA) is 46.3 Å². The molecule has 0 atom stereocenters. The molecule has 1 heterocycles. The summed E-state index contributed by atoms with van der Waals surface area (Å²) in [6, 6.07) is 2.39. The highest BCUT2D eigenvalue weighted by Crippen LogP contribution is 2.32. The van der Waals surface area contributed by atoms with Crippen molar-refractivity contribution in [1.29, 1.82) is 0 Å². The second kappa shape index (κ2) is 5.16. The fourth-order valence-electron chi connectivity index (χ4n) is 2.26. The molecule has 1 aromatic rings. The van der Waals surface area contributed by atoms with Gasteiger partial charge in [0.15, 0.2) is 0 Å². The quantitative estimate of drug-likeness (QED) is 0.640. The molecule has 0 saturated carbocycles. The van der Waals surface area contributed by atoms with E-state index in [-0.39, 0.29) is 30.6 Å². The third kappa shape index (κ3) is 3.62. The van der Waals surface area contributed by atoms with Gasteiger partial charge in [-0.2, -0.15) is 13.2 Å². The van der Waals surface area contributed by atoms with Gasteiger partial charge in [-0.15, -0.1) is 0 Å². The van der Waals surface area contributed by atoms with E-state index in [2.05, 4.69) is 0 Å². The zero-order chi connectivity index (χ0) is 15.8. The lowest BCUT2D eigenvalue weighted by atomic mass is 10.0. The van der Waals surface area contributed by atoms with E-state index in [0.717, 1.165) is 11.0 Å². The molecular weight excluding hydrogens is 295 g/mol. The Labute approximate surface area is 117 Å². The van der Waals surface area contributed by atoms with Crippen molar-refractivity contribution in [1.82, 2.24) is 4.90 Å². The molecule has 0 radical (unpaired) electrons. The van der Waals surface area contributed by atoms with Crippen LogP contribution in [0.4, 0.5) is 27.6 Å². The van der Waals surface area contributed by atoms with Gasteiger partial charge in [-0.3, -0.25) is 4.79 Å². The molecule has 1 aliphatic heterocycles. The number of hydrogen-bond acceptors (Lipinski definition) is 2. The number of anilines is 1. The van der Waals surface area contributed by atoms with Crippen LogP contribution in [0.2, 0.25) is 0 Å². The van der Waals surface area contributed by atoms with E-state index in [1.807, 2.05) is 0 Å². The predicted molar refractivity (Wildman–Crippen MR) is 65.9 cm³/mol. The summed E-state index contributed by atoms with van der Waals surface area (Å²) in [6.07, 6.45) is -4.88. The van der Waals surface area contributed by atoms with Crippen LogP contribution in [0.15, 0.2) is 18.2 Å². The summed E-state index contributed by atoms with van der Waals surface area (Å²) in [5, 5.41) is 0. The summed E-state index contributed by atoms with van der Waals surface area (Å²) in [4.78, 5) is 12.9. The average molecular weight is 308 g/mol. The zero-order valence-electron chi connectivity index (χ0n) is 10.9. The number of carbonyl (C=O) groups is 1. The van der Waals surface area contributed by atoms with Crippen molar-refractivity contribution in [2.75, 3.05) is 18.8 Å². The maximum absolute atomic E-state index is 13.3. The Morgan fingerprint density at radius 2 is 1.90 bits per heavy atom. The number of carbonyl (C=O) groups excluding carboxylic acids is 1. The van der Waals surface area contributed by atoms with Crippen molar-refractivity contribution in [2.45, 2.75) is 24.9 Å². The highest BCUT2D eigenvalue weighted by Gasteiger charge is 2.38. The van der Waals surface area contributed by atoms with Crippen LogP contribution in [0.25, 0.3) is 0 Å². The maximum atomic E-state index is 13.3. The van der Waals surface area contributed by atoms with Gasteiger partial charge in [0.05, 0.1) is 12.1 Å². The molecule has 8 heteroatoms. The van der Waals surface area contributed by atoms with E-state index >= 15 is 0 Å². The number of hydrogen-bond donors (Lipinski definition) is 1. The monoisotopic (exact) mass is 308 g/mol. The van der Waals surface area contributed by atoms with Crippen molar-refractivity contribution < 1.29 is 26.7 Å². The fraction of sp³-hybridized carbons (Fsp3) is 0.462. The number of alkyl halides is 5. The number of rotatable bonds is 1. The fourth-order valence-corrected chi connectivity index (χ4v) is 2.26. The van der Waals surface area contributed by atoms with E-state index < -0.39 is 30.1 Å². The minimum absolute atomic E-state index is 0.0879.